The lowest BCUT2D eigenvalue weighted by Gasteiger charge is -2.23. The second kappa shape index (κ2) is 6.43. The summed E-state index contributed by atoms with van der Waals surface area (Å²) >= 11 is 0. The number of hydrogen-bond donors (Lipinski definition) is 2. The van der Waals surface area contributed by atoms with Gasteiger partial charge in [-0.15, -0.1) is 0 Å². The number of ether oxygens (including phenoxy) is 1. The minimum absolute atomic E-state index is 0.0925. The molecule has 0 amide bonds. The Morgan fingerprint density at radius 3 is 2.67 bits per heavy atom. The second-order valence-electron chi connectivity index (χ2n) is 4.61. The fourth-order valence-electron chi connectivity index (χ4n) is 1.92. The van der Waals surface area contributed by atoms with Gasteiger partial charge in [-0.2, -0.15) is 0 Å². The molecule has 0 aromatic rings. The van der Waals surface area contributed by atoms with E-state index in [4.69, 9.17) is 4.74 Å². The molecule has 0 aliphatic carbocycles. The van der Waals surface area contributed by atoms with Crippen LogP contribution in [0.25, 0.3) is 0 Å². The normalized spacial score (nSPS) is 28.6. The first-order valence-electron chi connectivity index (χ1n) is 5.78. The number of nitrogens with one attached hydrogen (secondary N) is 1. The number of hydrogen-bond acceptors (Lipinski definition) is 4. The molecule has 1 aliphatic heterocycles. The van der Waals surface area contributed by atoms with Gasteiger partial charge in [-0.3, -0.25) is 0 Å². The van der Waals surface area contributed by atoms with Crippen LogP contribution in [0.3, 0.4) is 0 Å². The third-order valence-corrected chi connectivity index (χ3v) is 2.88. The fraction of sp³-hybridized carbons (Fsp3) is 1.00. The highest BCUT2D eigenvalue weighted by Crippen LogP contribution is 2.21. The molecule has 0 saturated carbocycles. The molecular weight excluding hydrogens is 192 g/mol. The Kier molecular flexibility index (Phi) is 5.53. The number of aliphatic hydroxyl groups is 1. The Morgan fingerprint density at radius 2 is 2.20 bits per heavy atom. The van der Waals surface area contributed by atoms with Gasteiger partial charge in [-0.1, -0.05) is 0 Å². The lowest BCUT2D eigenvalue weighted by atomic mass is 10.1. The average Bonchev–Trinajstić information content (AvgIpc) is 2.59. The van der Waals surface area contributed by atoms with Crippen LogP contribution >= 0.6 is 0 Å². The molecule has 15 heavy (non-hydrogen) atoms. The van der Waals surface area contributed by atoms with Crippen molar-refractivity contribution in [3.8, 4) is 0 Å². The van der Waals surface area contributed by atoms with E-state index in [1.807, 2.05) is 14.1 Å². The molecule has 2 N–H and O–H groups in total. The zero-order valence-electron chi connectivity index (χ0n) is 10.1. The molecule has 0 bridgehead atoms. The maximum atomic E-state index is 9.28. The predicted octanol–water partition coefficient (Wildman–Crippen LogP) is 0.0660. The van der Waals surface area contributed by atoms with Crippen LogP contribution in [0, 0.1) is 0 Å². The van der Waals surface area contributed by atoms with E-state index in [0.717, 1.165) is 25.9 Å². The van der Waals surface area contributed by atoms with Gasteiger partial charge in [0.2, 0.25) is 0 Å². The number of rotatable bonds is 6. The van der Waals surface area contributed by atoms with Crippen molar-refractivity contribution in [1.29, 1.82) is 0 Å². The van der Waals surface area contributed by atoms with Crippen LogP contribution in [0.2, 0.25) is 0 Å². The highest BCUT2D eigenvalue weighted by atomic mass is 16.5. The van der Waals surface area contributed by atoms with Crippen LogP contribution in [0.1, 0.15) is 19.8 Å². The molecular formula is C11H24N2O2. The minimum Gasteiger partial charge on any atom is -0.395 e. The van der Waals surface area contributed by atoms with Crippen molar-refractivity contribution in [2.24, 2.45) is 0 Å². The molecule has 3 atom stereocenters. The number of nitrogens with zero attached hydrogens (tertiary/aromatic N) is 1. The standard InChI is InChI=1S/C11H24N2O2/c1-9-4-5-11(15-9)10(8-14)12-6-7-13(2)3/h9-12,14H,4-8H2,1-3H3. The lowest BCUT2D eigenvalue weighted by molar-refractivity contribution is 0.0172. The first kappa shape index (κ1) is 12.9. The van der Waals surface area contributed by atoms with Gasteiger partial charge in [0.1, 0.15) is 0 Å². The van der Waals surface area contributed by atoms with Gasteiger partial charge in [0.05, 0.1) is 24.9 Å². The van der Waals surface area contributed by atoms with Gasteiger partial charge in [0.25, 0.3) is 0 Å². The van der Waals surface area contributed by atoms with Crippen molar-refractivity contribution in [2.75, 3.05) is 33.8 Å². The van der Waals surface area contributed by atoms with E-state index in [1.165, 1.54) is 0 Å². The molecule has 0 aromatic carbocycles. The Labute approximate surface area is 92.6 Å². The molecule has 1 saturated heterocycles. The number of likely N-dealkylation sites (N-methyl/N-ethyl adjacent to an activating group) is 1. The van der Waals surface area contributed by atoms with E-state index >= 15 is 0 Å². The summed E-state index contributed by atoms with van der Waals surface area (Å²) in [6, 6.07) is 0.0925. The summed E-state index contributed by atoms with van der Waals surface area (Å²) in [5.41, 5.74) is 0. The molecule has 0 spiro atoms. The van der Waals surface area contributed by atoms with Crippen LogP contribution < -0.4 is 5.32 Å². The average molecular weight is 216 g/mol. The molecule has 0 radical (unpaired) electrons. The Bertz CT molecular complexity index is 176. The molecule has 1 fully saturated rings. The van der Waals surface area contributed by atoms with Crippen molar-refractivity contribution >= 4 is 0 Å². The summed E-state index contributed by atoms with van der Waals surface area (Å²) in [7, 11) is 4.09. The maximum absolute atomic E-state index is 9.28. The van der Waals surface area contributed by atoms with E-state index in [1.54, 1.807) is 0 Å². The molecule has 3 unspecified atom stereocenters. The molecule has 4 heteroatoms. The van der Waals surface area contributed by atoms with Crippen LogP contribution in [0.15, 0.2) is 0 Å². The highest BCUT2D eigenvalue weighted by molar-refractivity contribution is 4.82. The fourth-order valence-corrected chi connectivity index (χ4v) is 1.92. The molecule has 0 aromatic heterocycles. The summed E-state index contributed by atoms with van der Waals surface area (Å²) < 4.78 is 5.74. The molecule has 1 aliphatic rings. The van der Waals surface area contributed by atoms with Crippen LogP contribution in [-0.4, -0.2) is 62.0 Å². The SMILES string of the molecule is CC1CCC(C(CO)NCCN(C)C)O1. The van der Waals surface area contributed by atoms with Crippen molar-refractivity contribution in [3.05, 3.63) is 0 Å². The van der Waals surface area contributed by atoms with Crippen LogP contribution in [0.4, 0.5) is 0 Å². The van der Waals surface area contributed by atoms with Crippen molar-refractivity contribution in [1.82, 2.24) is 10.2 Å². The monoisotopic (exact) mass is 216 g/mol. The highest BCUT2D eigenvalue weighted by Gasteiger charge is 2.28. The topological polar surface area (TPSA) is 44.7 Å². The quantitative estimate of drug-likeness (QED) is 0.659. The van der Waals surface area contributed by atoms with Gasteiger partial charge in [0.15, 0.2) is 0 Å². The van der Waals surface area contributed by atoms with Crippen molar-refractivity contribution < 1.29 is 9.84 Å². The molecule has 4 nitrogen and oxygen atoms in total. The molecule has 1 heterocycles. The zero-order valence-corrected chi connectivity index (χ0v) is 10.1. The third kappa shape index (κ3) is 4.47. The Morgan fingerprint density at radius 1 is 1.47 bits per heavy atom. The summed E-state index contributed by atoms with van der Waals surface area (Å²) in [6.07, 6.45) is 2.70. The maximum Gasteiger partial charge on any atom is 0.0755 e. The van der Waals surface area contributed by atoms with E-state index < -0.39 is 0 Å². The lowest BCUT2D eigenvalue weighted by Crippen LogP contribution is -2.45. The Hall–Kier alpha value is -0.160. The summed E-state index contributed by atoms with van der Waals surface area (Å²) in [6.45, 7) is 4.13. The third-order valence-electron chi connectivity index (χ3n) is 2.88. The largest absolute Gasteiger partial charge is 0.395 e. The molecule has 90 valence electrons. The summed E-state index contributed by atoms with van der Waals surface area (Å²) in [5, 5.41) is 12.6. The zero-order chi connectivity index (χ0) is 11.3. The smallest absolute Gasteiger partial charge is 0.0755 e. The van der Waals surface area contributed by atoms with E-state index in [2.05, 4.69) is 17.1 Å². The summed E-state index contributed by atoms with van der Waals surface area (Å²) in [4.78, 5) is 2.12. The first-order valence-corrected chi connectivity index (χ1v) is 5.78. The van der Waals surface area contributed by atoms with Gasteiger partial charge in [0, 0.05) is 13.1 Å². The molecule has 1 rings (SSSR count). The van der Waals surface area contributed by atoms with Crippen molar-refractivity contribution in [3.63, 3.8) is 0 Å². The van der Waals surface area contributed by atoms with Gasteiger partial charge in [-0.25, -0.2) is 0 Å². The second-order valence-corrected chi connectivity index (χ2v) is 4.61. The van der Waals surface area contributed by atoms with E-state index in [0.29, 0.717) is 6.10 Å². The van der Waals surface area contributed by atoms with Crippen molar-refractivity contribution in [2.45, 2.75) is 38.0 Å². The van der Waals surface area contributed by atoms with Gasteiger partial charge < -0.3 is 20.1 Å². The number of aliphatic hydroxyl groups excluding tert-OH is 1. The Balaban J connectivity index is 2.23. The summed E-state index contributed by atoms with van der Waals surface area (Å²) in [5.74, 6) is 0. The van der Waals surface area contributed by atoms with Crippen LogP contribution in [0.5, 0.6) is 0 Å². The van der Waals surface area contributed by atoms with Gasteiger partial charge >= 0.3 is 0 Å². The van der Waals surface area contributed by atoms with E-state index in [9.17, 15) is 5.11 Å². The van der Waals surface area contributed by atoms with Gasteiger partial charge in [-0.05, 0) is 33.9 Å². The van der Waals surface area contributed by atoms with E-state index in [-0.39, 0.29) is 18.8 Å². The minimum atomic E-state index is 0.0925. The first-order chi connectivity index (χ1) is 7.13. The predicted molar refractivity (Wildman–Crippen MR) is 61.0 cm³/mol. The van der Waals surface area contributed by atoms with Crippen LogP contribution in [-0.2, 0) is 4.74 Å².